The zero-order valence-corrected chi connectivity index (χ0v) is 19.4. The number of aliphatic hydroxyl groups excluding tert-OH is 1. The van der Waals surface area contributed by atoms with E-state index in [1.807, 2.05) is 40.7 Å². The molecule has 170 valence electrons. The first-order valence-electron chi connectivity index (χ1n) is 10.5. The average molecular weight is 434 g/mol. The van der Waals surface area contributed by atoms with Gasteiger partial charge in [0, 0.05) is 23.5 Å². The molecule has 1 heterocycles. The van der Waals surface area contributed by atoms with Crippen molar-refractivity contribution in [2.24, 2.45) is 0 Å². The first-order valence-corrected chi connectivity index (χ1v) is 10.5. The fourth-order valence-corrected chi connectivity index (χ4v) is 2.99. The molecule has 0 aromatic heterocycles. The van der Waals surface area contributed by atoms with Crippen LogP contribution in [0.15, 0.2) is 41.5 Å². The minimum absolute atomic E-state index is 0.0448. The molecule has 8 heteroatoms. The lowest BCUT2D eigenvalue weighted by molar-refractivity contribution is -0.142. The maximum atomic E-state index is 14.9. The highest BCUT2D eigenvalue weighted by atomic mass is 19.1. The molecule has 1 fully saturated rings. The van der Waals surface area contributed by atoms with Crippen LogP contribution in [0, 0.1) is 6.92 Å². The predicted molar refractivity (Wildman–Crippen MR) is 117 cm³/mol. The third kappa shape index (κ3) is 6.11. The van der Waals surface area contributed by atoms with E-state index in [-0.39, 0.29) is 36.4 Å². The number of hydrogen-bond donors (Lipinski definition) is 1. The highest BCUT2D eigenvalue weighted by molar-refractivity contribution is 6.55. The Morgan fingerprint density at radius 3 is 2.35 bits per heavy atom. The summed E-state index contributed by atoms with van der Waals surface area (Å²) in [5, 5.41) is 10.4. The van der Waals surface area contributed by atoms with E-state index in [0.717, 1.165) is 11.6 Å². The second-order valence-electron chi connectivity index (χ2n) is 8.49. The lowest BCUT2D eigenvalue weighted by Gasteiger charge is -2.32. The van der Waals surface area contributed by atoms with E-state index in [9.17, 15) is 14.3 Å². The molecule has 0 atom stereocenters. The number of esters is 1. The van der Waals surface area contributed by atoms with Crippen LogP contribution < -0.4 is 4.74 Å². The number of rotatable bonds is 8. The Balaban J connectivity index is 2.32. The van der Waals surface area contributed by atoms with Crippen LogP contribution in [0.3, 0.4) is 0 Å². The van der Waals surface area contributed by atoms with Gasteiger partial charge in [0.05, 0.1) is 30.0 Å². The fourth-order valence-electron chi connectivity index (χ4n) is 2.99. The van der Waals surface area contributed by atoms with E-state index >= 15 is 0 Å². The summed E-state index contributed by atoms with van der Waals surface area (Å²) in [5.41, 5.74) is 0.192. The summed E-state index contributed by atoms with van der Waals surface area (Å²) < 4.78 is 37.2. The molecule has 6 nitrogen and oxygen atoms in total. The number of hydrogen-bond acceptors (Lipinski definition) is 6. The molecule has 0 bridgehead atoms. The Hall–Kier alpha value is -2.32. The van der Waals surface area contributed by atoms with Gasteiger partial charge in [0.2, 0.25) is 0 Å². The van der Waals surface area contributed by atoms with Gasteiger partial charge in [-0.3, -0.25) is 4.79 Å². The Bertz CT molecular complexity index is 859. The Labute approximate surface area is 184 Å². The number of benzene rings is 1. The van der Waals surface area contributed by atoms with Gasteiger partial charge in [0.1, 0.15) is 5.75 Å². The smallest absolute Gasteiger partial charge is 0.498 e. The first-order chi connectivity index (χ1) is 14.4. The van der Waals surface area contributed by atoms with Crippen LogP contribution in [-0.4, -0.2) is 36.0 Å². The van der Waals surface area contributed by atoms with Crippen molar-refractivity contribution >= 4 is 13.1 Å². The van der Waals surface area contributed by atoms with E-state index in [0.29, 0.717) is 5.56 Å². The number of aryl methyl sites for hydroxylation is 1. The van der Waals surface area contributed by atoms with Gasteiger partial charge in [0.25, 0.3) is 6.01 Å². The summed E-state index contributed by atoms with van der Waals surface area (Å²) >= 11 is 0. The van der Waals surface area contributed by atoms with Crippen LogP contribution >= 0.6 is 0 Å². The molecule has 0 radical (unpaired) electrons. The second kappa shape index (κ2) is 9.87. The molecule has 31 heavy (non-hydrogen) atoms. The van der Waals surface area contributed by atoms with Gasteiger partial charge in [-0.2, -0.15) is 4.39 Å². The number of carbonyl (C=O) groups is 1. The normalized spacial score (nSPS) is 18.6. The molecule has 2 rings (SSSR count). The Morgan fingerprint density at radius 2 is 1.81 bits per heavy atom. The zero-order valence-electron chi connectivity index (χ0n) is 19.4. The van der Waals surface area contributed by atoms with Crippen LogP contribution in [0.2, 0.25) is 0 Å². The highest BCUT2D eigenvalue weighted by Crippen LogP contribution is 2.39. The molecule has 0 amide bonds. The maximum absolute atomic E-state index is 14.9. The third-order valence-corrected chi connectivity index (χ3v) is 5.51. The third-order valence-electron chi connectivity index (χ3n) is 5.51. The summed E-state index contributed by atoms with van der Waals surface area (Å²) in [6.45, 7) is 13.0. The lowest BCUT2D eigenvalue weighted by atomic mass is 9.76. The van der Waals surface area contributed by atoms with Crippen LogP contribution in [0.25, 0.3) is 0 Å². The van der Waals surface area contributed by atoms with Gasteiger partial charge < -0.3 is 23.9 Å². The van der Waals surface area contributed by atoms with Crippen LogP contribution in [0.1, 0.15) is 59.1 Å². The number of allylic oxidation sites excluding steroid dienone is 3. The largest absolute Gasteiger partial charge is 0.513 e. The molecular formula is C23H32BFO6. The Morgan fingerprint density at radius 1 is 1.19 bits per heavy atom. The van der Waals surface area contributed by atoms with Gasteiger partial charge in [0.15, 0.2) is 0 Å². The number of ether oxygens (including phenoxy) is 2. The van der Waals surface area contributed by atoms with Crippen LogP contribution in [-0.2, 0) is 25.3 Å². The molecule has 0 unspecified atom stereocenters. The monoisotopic (exact) mass is 434 g/mol. The van der Waals surface area contributed by atoms with Crippen LogP contribution in [0.5, 0.6) is 5.75 Å². The SMILES string of the molecule is CCOC(=O)Cc1ccc(C)cc1O/C(F)=C/C(B1OC(C)(C)C(C)(C)O1)=C(/O)CC. The first kappa shape index (κ1) is 24.9. The van der Waals surface area contributed by atoms with Crippen LogP contribution in [0.4, 0.5) is 4.39 Å². The summed E-state index contributed by atoms with van der Waals surface area (Å²) in [4.78, 5) is 11.9. The summed E-state index contributed by atoms with van der Waals surface area (Å²) in [7, 11) is -0.948. The van der Waals surface area contributed by atoms with Gasteiger partial charge >= 0.3 is 13.1 Å². The Kier molecular flexibility index (Phi) is 7.95. The van der Waals surface area contributed by atoms with E-state index in [1.54, 1.807) is 26.0 Å². The zero-order chi connectivity index (χ0) is 23.4. The fraction of sp³-hybridized carbons (Fsp3) is 0.522. The predicted octanol–water partition coefficient (Wildman–Crippen LogP) is 5.14. The molecule has 0 aliphatic carbocycles. The molecule has 1 N–H and O–H groups in total. The number of halogens is 1. The van der Waals surface area contributed by atoms with Gasteiger partial charge in [-0.25, -0.2) is 0 Å². The van der Waals surface area contributed by atoms with Gasteiger partial charge in [-0.15, -0.1) is 0 Å². The summed E-state index contributed by atoms with van der Waals surface area (Å²) in [6, 6.07) is 4.19. The van der Waals surface area contributed by atoms with Crippen molar-refractivity contribution in [1.29, 1.82) is 0 Å². The maximum Gasteiger partial charge on any atom is 0.498 e. The minimum Gasteiger partial charge on any atom is -0.513 e. The molecule has 1 aromatic carbocycles. The van der Waals surface area contributed by atoms with Crippen molar-refractivity contribution in [2.75, 3.05) is 6.61 Å². The summed E-state index contributed by atoms with van der Waals surface area (Å²) in [6.07, 6.45) is 1.29. The quantitative estimate of drug-likeness (QED) is 0.264. The lowest BCUT2D eigenvalue weighted by Crippen LogP contribution is -2.41. The van der Waals surface area contributed by atoms with Gasteiger partial charge in [-0.05, 0) is 53.2 Å². The highest BCUT2D eigenvalue weighted by Gasteiger charge is 2.52. The van der Waals surface area contributed by atoms with Gasteiger partial charge in [-0.1, -0.05) is 19.1 Å². The molecule has 1 saturated heterocycles. The molecule has 1 aromatic rings. The molecule has 0 saturated carbocycles. The topological polar surface area (TPSA) is 74.2 Å². The number of aliphatic hydroxyl groups is 1. The van der Waals surface area contributed by atoms with E-state index in [1.165, 1.54) is 0 Å². The average Bonchev–Trinajstić information content (AvgIpc) is 2.88. The molecule has 1 aliphatic rings. The van der Waals surface area contributed by atoms with Crippen molar-refractivity contribution in [1.82, 2.24) is 0 Å². The van der Waals surface area contributed by atoms with Crippen molar-refractivity contribution in [2.45, 2.75) is 72.5 Å². The number of carbonyl (C=O) groups excluding carboxylic acids is 1. The standard InChI is InChI=1S/C23H32BFO6/c1-8-18(26)17(24-30-22(4,5)23(6,7)31-24)14-20(25)29-19-12-15(3)10-11-16(19)13-21(27)28-9-2/h10-12,14,26H,8-9,13H2,1-7H3/b18-17-,20-14+. The van der Waals surface area contributed by atoms with Crippen molar-refractivity contribution < 1.29 is 33.1 Å². The van der Waals surface area contributed by atoms with E-state index < -0.39 is 30.3 Å². The van der Waals surface area contributed by atoms with E-state index in [2.05, 4.69) is 0 Å². The molecule has 0 spiro atoms. The van der Waals surface area contributed by atoms with E-state index in [4.69, 9.17) is 18.8 Å². The molecule has 1 aliphatic heterocycles. The van der Waals surface area contributed by atoms with Crippen molar-refractivity contribution in [3.05, 3.63) is 52.6 Å². The summed E-state index contributed by atoms with van der Waals surface area (Å²) in [5.74, 6) is -0.290. The molecular weight excluding hydrogens is 402 g/mol. The minimum atomic E-state index is -0.958. The van der Waals surface area contributed by atoms with Crippen molar-refractivity contribution in [3.63, 3.8) is 0 Å². The van der Waals surface area contributed by atoms with Crippen molar-refractivity contribution in [3.8, 4) is 5.75 Å². The second-order valence-corrected chi connectivity index (χ2v) is 8.49.